The van der Waals surface area contributed by atoms with Crippen LogP contribution in [0.2, 0.25) is 0 Å². The highest BCUT2D eigenvalue weighted by Gasteiger charge is 2.42. The van der Waals surface area contributed by atoms with Gasteiger partial charge in [0.05, 0.1) is 24.5 Å². The molecule has 10 nitrogen and oxygen atoms in total. The number of hydrogen-bond acceptors (Lipinski definition) is 8. The molecule has 0 aliphatic carbocycles. The van der Waals surface area contributed by atoms with Crippen molar-refractivity contribution in [2.75, 3.05) is 13.7 Å². The molecule has 0 aliphatic rings. The van der Waals surface area contributed by atoms with Crippen molar-refractivity contribution in [1.82, 2.24) is 9.29 Å². The van der Waals surface area contributed by atoms with Crippen molar-refractivity contribution in [1.29, 1.82) is 5.26 Å². The molecule has 0 bridgehead atoms. The Balaban J connectivity index is 2.16. The maximum Gasteiger partial charge on any atom is 0.330 e. The number of benzene rings is 2. The largest absolute Gasteiger partial charge is 0.467 e. The molecule has 0 saturated carbocycles. The topological polar surface area (TPSA) is 142 Å². The number of carbonyl (C=O) groups is 2. The average molecular weight is 539 g/mol. The first-order valence-corrected chi connectivity index (χ1v) is 13.5. The van der Waals surface area contributed by atoms with Gasteiger partial charge in [0.25, 0.3) is 15.9 Å². The van der Waals surface area contributed by atoms with Gasteiger partial charge in [-0.25, -0.2) is 17.5 Å². The summed E-state index contributed by atoms with van der Waals surface area (Å²) in [5.74, 6) is -2.00. The number of nitriles is 1. The third kappa shape index (κ3) is 6.58. The van der Waals surface area contributed by atoms with Crippen LogP contribution in [0, 0.1) is 17.2 Å². The Hall–Kier alpha value is -4.17. The second-order valence-corrected chi connectivity index (χ2v) is 10.7. The molecule has 1 atom stereocenters. The van der Waals surface area contributed by atoms with E-state index in [0.717, 1.165) is 18.0 Å². The summed E-state index contributed by atoms with van der Waals surface area (Å²) in [5, 5.41) is 13.5. The summed E-state index contributed by atoms with van der Waals surface area (Å²) in [6.07, 6.45) is 1.64. The Morgan fingerprint density at radius 1 is 1.11 bits per heavy atom. The maximum absolute atomic E-state index is 14.0. The third-order valence-corrected chi connectivity index (χ3v) is 7.48. The first-order valence-electron chi connectivity index (χ1n) is 12.0. The number of H-pyrrole nitrogens is 1. The number of nitrogens with zero attached hydrogens (tertiary/aromatic N) is 3. The number of fused-ring (bicyclic) bond motifs is 1. The summed E-state index contributed by atoms with van der Waals surface area (Å²) in [6, 6.07) is 15.1. The zero-order chi connectivity index (χ0) is 27.7. The minimum Gasteiger partial charge on any atom is -0.467 e. The highest BCUT2D eigenvalue weighted by atomic mass is 32.2. The summed E-state index contributed by atoms with van der Waals surface area (Å²) in [4.78, 5) is 35.2. The number of amides is 1. The molecule has 1 amide bonds. The SMILES string of the molecule is COC(=O)C(Cc1c[nH]c2ccccc12)N(C(=O)/C(CC(C)C)=N/OCCC#N)S(=O)(=O)c1ccccc1. The van der Waals surface area contributed by atoms with Crippen LogP contribution in [0.15, 0.2) is 70.8 Å². The van der Waals surface area contributed by atoms with Gasteiger partial charge in [0.2, 0.25) is 0 Å². The van der Waals surface area contributed by atoms with E-state index in [1.54, 1.807) is 12.3 Å². The maximum atomic E-state index is 14.0. The summed E-state index contributed by atoms with van der Waals surface area (Å²) in [5.41, 5.74) is 1.23. The fourth-order valence-electron chi connectivity index (χ4n) is 3.92. The lowest BCUT2D eigenvalue weighted by Gasteiger charge is -2.29. The molecule has 11 heteroatoms. The second kappa shape index (κ2) is 12.9. The minimum absolute atomic E-state index is 0.0318. The van der Waals surface area contributed by atoms with Crippen LogP contribution in [-0.4, -0.2) is 55.1 Å². The van der Waals surface area contributed by atoms with Gasteiger partial charge in [-0.1, -0.05) is 55.4 Å². The molecular formula is C27H30N4O6S. The van der Waals surface area contributed by atoms with E-state index in [1.165, 1.54) is 24.3 Å². The zero-order valence-electron chi connectivity index (χ0n) is 21.5. The number of nitrogens with one attached hydrogen (secondary N) is 1. The van der Waals surface area contributed by atoms with E-state index < -0.39 is 27.9 Å². The lowest BCUT2D eigenvalue weighted by Crippen LogP contribution is -2.52. The molecule has 1 N–H and O–H groups in total. The lowest BCUT2D eigenvalue weighted by molar-refractivity contribution is -0.147. The number of aromatic amines is 1. The number of hydrogen-bond donors (Lipinski definition) is 1. The molecule has 3 rings (SSSR count). The third-order valence-electron chi connectivity index (χ3n) is 5.67. The number of rotatable bonds is 12. The van der Waals surface area contributed by atoms with Gasteiger partial charge in [-0.15, -0.1) is 0 Å². The van der Waals surface area contributed by atoms with Crippen molar-refractivity contribution in [3.63, 3.8) is 0 Å². The fourth-order valence-corrected chi connectivity index (χ4v) is 5.47. The molecule has 1 heterocycles. The van der Waals surface area contributed by atoms with E-state index >= 15 is 0 Å². The molecule has 2 aromatic carbocycles. The molecule has 38 heavy (non-hydrogen) atoms. The Morgan fingerprint density at radius 3 is 2.45 bits per heavy atom. The number of carbonyl (C=O) groups excluding carboxylic acids is 2. The number of methoxy groups -OCH3 is 1. The monoisotopic (exact) mass is 538 g/mol. The summed E-state index contributed by atoms with van der Waals surface area (Å²) >= 11 is 0. The van der Waals surface area contributed by atoms with Crippen LogP contribution in [0.25, 0.3) is 10.9 Å². The molecule has 0 spiro atoms. The molecule has 200 valence electrons. The summed E-state index contributed by atoms with van der Waals surface area (Å²) in [7, 11) is -3.41. The first kappa shape index (κ1) is 28.4. The van der Waals surface area contributed by atoms with E-state index in [0.29, 0.717) is 9.87 Å². The van der Waals surface area contributed by atoms with Gasteiger partial charge >= 0.3 is 5.97 Å². The van der Waals surface area contributed by atoms with Crippen molar-refractivity contribution < 1.29 is 27.6 Å². The highest BCUT2D eigenvalue weighted by molar-refractivity contribution is 7.89. The quantitative estimate of drug-likeness (QED) is 0.160. The van der Waals surface area contributed by atoms with E-state index in [9.17, 15) is 18.0 Å². The predicted molar refractivity (Wildman–Crippen MR) is 141 cm³/mol. The summed E-state index contributed by atoms with van der Waals surface area (Å²) in [6.45, 7) is 3.59. The summed E-state index contributed by atoms with van der Waals surface area (Å²) < 4.78 is 33.4. The zero-order valence-corrected chi connectivity index (χ0v) is 22.3. The van der Waals surface area contributed by atoms with Gasteiger partial charge in [0, 0.05) is 29.9 Å². The number of sulfonamides is 1. The minimum atomic E-state index is -4.54. The first-order chi connectivity index (χ1) is 18.2. The van der Waals surface area contributed by atoms with Gasteiger partial charge < -0.3 is 14.6 Å². The lowest BCUT2D eigenvalue weighted by atomic mass is 10.0. The number of ether oxygens (including phenoxy) is 1. The van der Waals surface area contributed by atoms with Crippen LogP contribution in [0.4, 0.5) is 0 Å². The molecule has 0 radical (unpaired) electrons. The normalized spacial score (nSPS) is 12.7. The van der Waals surface area contributed by atoms with Gasteiger partial charge in [-0.3, -0.25) is 4.79 Å². The van der Waals surface area contributed by atoms with Crippen LogP contribution in [0.1, 0.15) is 32.3 Å². The molecule has 3 aromatic rings. The Kier molecular flexibility index (Phi) is 9.62. The number of para-hydroxylation sites is 1. The van der Waals surface area contributed by atoms with Gasteiger partial charge in [-0.2, -0.15) is 5.26 Å². The van der Waals surface area contributed by atoms with E-state index in [2.05, 4.69) is 10.1 Å². The highest BCUT2D eigenvalue weighted by Crippen LogP contribution is 2.26. The molecule has 0 fully saturated rings. The van der Waals surface area contributed by atoms with Crippen LogP contribution in [-0.2, 0) is 35.6 Å². The van der Waals surface area contributed by atoms with Crippen LogP contribution >= 0.6 is 0 Å². The van der Waals surface area contributed by atoms with Gasteiger partial charge in [-0.05, 0) is 29.7 Å². The van der Waals surface area contributed by atoms with Gasteiger partial charge in [0.15, 0.2) is 0 Å². The number of esters is 1. The number of aromatic nitrogens is 1. The Morgan fingerprint density at radius 2 is 1.79 bits per heavy atom. The van der Waals surface area contributed by atoms with Crippen molar-refractivity contribution in [3.8, 4) is 6.07 Å². The van der Waals surface area contributed by atoms with Crippen LogP contribution < -0.4 is 0 Å². The average Bonchev–Trinajstić information content (AvgIpc) is 3.32. The Labute approximate surface area is 221 Å². The molecule has 1 unspecified atom stereocenters. The van der Waals surface area contributed by atoms with Crippen molar-refractivity contribution in [2.45, 2.75) is 44.0 Å². The predicted octanol–water partition coefficient (Wildman–Crippen LogP) is 3.80. The standard InChI is InChI=1S/C27H30N4O6S/c1-19(2)16-24(30-37-15-9-14-28)26(32)31(38(34,35)21-10-5-4-6-11-21)25(27(33)36-3)17-20-18-29-23-13-8-7-12-22(20)23/h4-8,10-13,18-19,25,29H,9,15-17H2,1-3H3/b30-24+. The van der Waals surface area contributed by atoms with E-state index in [-0.39, 0.29) is 42.4 Å². The van der Waals surface area contributed by atoms with Crippen molar-refractivity contribution in [3.05, 3.63) is 66.4 Å². The smallest absolute Gasteiger partial charge is 0.330 e. The Bertz CT molecular complexity index is 1440. The van der Waals surface area contributed by atoms with Crippen molar-refractivity contribution >= 4 is 38.5 Å². The molecule has 0 saturated heterocycles. The fraction of sp³-hybridized carbons (Fsp3) is 0.333. The molecule has 1 aromatic heterocycles. The van der Waals surface area contributed by atoms with Gasteiger partial charge in [0.1, 0.15) is 18.4 Å². The van der Waals surface area contributed by atoms with E-state index in [4.69, 9.17) is 14.8 Å². The molecule has 0 aliphatic heterocycles. The van der Waals surface area contributed by atoms with E-state index in [1.807, 2.05) is 44.2 Å². The molecular weight excluding hydrogens is 508 g/mol. The van der Waals surface area contributed by atoms with Crippen LogP contribution in [0.3, 0.4) is 0 Å². The number of oxime groups is 1. The second-order valence-electron chi connectivity index (χ2n) is 8.90. The van der Waals surface area contributed by atoms with Crippen LogP contribution in [0.5, 0.6) is 0 Å². The van der Waals surface area contributed by atoms with Crippen molar-refractivity contribution in [2.24, 2.45) is 11.1 Å².